The average Bonchev–Trinajstić information content (AvgIpc) is 2.68. The maximum atomic E-state index is 12.4. The van der Waals surface area contributed by atoms with Crippen molar-refractivity contribution in [3.63, 3.8) is 0 Å². The molecule has 0 unspecified atom stereocenters. The van der Waals surface area contributed by atoms with Crippen molar-refractivity contribution >= 4 is 17.4 Å². The van der Waals surface area contributed by atoms with Crippen LogP contribution in [0.4, 0.5) is 5.69 Å². The van der Waals surface area contributed by atoms with Crippen molar-refractivity contribution in [2.45, 2.75) is 20.4 Å². The molecule has 28 heavy (non-hydrogen) atoms. The minimum Gasteiger partial charge on any atom is -0.323 e. The molecule has 1 amide bonds. The molecule has 0 spiro atoms. The molecule has 0 aliphatic heterocycles. The number of pyridine rings is 1. The van der Waals surface area contributed by atoms with Crippen LogP contribution in [0.2, 0.25) is 0 Å². The smallest absolute Gasteiger partial charge is 0.238 e. The number of carbonyl (C=O) groups excluding carboxylic acids is 2. The van der Waals surface area contributed by atoms with E-state index in [9.17, 15) is 9.59 Å². The molecule has 0 atom stereocenters. The van der Waals surface area contributed by atoms with Crippen LogP contribution in [-0.4, -0.2) is 23.2 Å². The van der Waals surface area contributed by atoms with Gasteiger partial charge >= 0.3 is 0 Å². The minimum atomic E-state index is -0.220. The lowest BCUT2D eigenvalue weighted by atomic mass is 10.1. The van der Waals surface area contributed by atoms with Gasteiger partial charge in [-0.1, -0.05) is 60.2 Å². The number of nitrogens with one attached hydrogen (secondary N) is 2. The molecule has 0 fully saturated rings. The first-order valence-electron chi connectivity index (χ1n) is 9.15. The Bertz CT molecular complexity index is 984. The van der Waals surface area contributed by atoms with E-state index in [0.29, 0.717) is 12.2 Å². The van der Waals surface area contributed by atoms with E-state index in [1.165, 1.54) is 12.5 Å². The van der Waals surface area contributed by atoms with Crippen LogP contribution in [-0.2, 0) is 11.3 Å². The zero-order valence-electron chi connectivity index (χ0n) is 16.0. The monoisotopic (exact) mass is 373 g/mol. The fraction of sp³-hybridized carbons (Fsp3) is 0.174. The number of aromatic nitrogens is 1. The second-order valence-electron chi connectivity index (χ2n) is 6.68. The quantitative estimate of drug-likeness (QED) is 0.615. The summed E-state index contributed by atoms with van der Waals surface area (Å²) < 4.78 is 0. The van der Waals surface area contributed by atoms with Gasteiger partial charge in [-0.2, -0.15) is 0 Å². The van der Waals surface area contributed by atoms with E-state index in [1.54, 1.807) is 12.3 Å². The fourth-order valence-corrected chi connectivity index (χ4v) is 2.97. The summed E-state index contributed by atoms with van der Waals surface area (Å²) in [6, 6.07) is 19.6. The summed E-state index contributed by atoms with van der Waals surface area (Å²) in [4.78, 5) is 28.5. The third-order valence-corrected chi connectivity index (χ3v) is 4.30. The fourth-order valence-electron chi connectivity index (χ4n) is 2.97. The molecular formula is C23H23N3O2. The molecule has 0 aliphatic rings. The molecule has 0 radical (unpaired) electrons. The second kappa shape index (κ2) is 9.06. The van der Waals surface area contributed by atoms with Gasteiger partial charge in [-0.05, 0) is 24.1 Å². The number of amides is 1. The van der Waals surface area contributed by atoms with Crippen LogP contribution in [0.5, 0.6) is 0 Å². The number of aryl methyl sites for hydroxylation is 1. The molecule has 0 aliphatic carbocycles. The Morgan fingerprint density at radius 1 is 0.964 bits per heavy atom. The Balaban J connectivity index is 1.69. The number of Topliss-reactive ketones (excluding diaryl/α,β-unsaturated/α-hetero) is 1. The van der Waals surface area contributed by atoms with Gasteiger partial charge in [0.2, 0.25) is 5.91 Å². The van der Waals surface area contributed by atoms with Gasteiger partial charge in [-0.15, -0.1) is 0 Å². The lowest BCUT2D eigenvalue weighted by Gasteiger charge is -2.12. The number of benzene rings is 2. The Morgan fingerprint density at radius 3 is 2.46 bits per heavy atom. The van der Waals surface area contributed by atoms with Gasteiger partial charge in [0.1, 0.15) is 5.69 Å². The second-order valence-corrected chi connectivity index (χ2v) is 6.68. The van der Waals surface area contributed by atoms with E-state index in [2.05, 4.69) is 21.7 Å². The van der Waals surface area contributed by atoms with Crippen LogP contribution < -0.4 is 10.6 Å². The largest absolute Gasteiger partial charge is 0.323 e. The van der Waals surface area contributed by atoms with Crippen LogP contribution in [0.3, 0.4) is 0 Å². The van der Waals surface area contributed by atoms with Crippen LogP contribution in [0.25, 0.3) is 11.1 Å². The van der Waals surface area contributed by atoms with Crippen molar-refractivity contribution < 1.29 is 9.59 Å². The molecule has 5 nitrogen and oxygen atoms in total. The lowest BCUT2D eigenvalue weighted by Crippen LogP contribution is -2.28. The number of rotatable bonds is 7. The molecule has 2 N–H and O–H groups in total. The van der Waals surface area contributed by atoms with Gasteiger partial charge in [0.25, 0.3) is 0 Å². The van der Waals surface area contributed by atoms with E-state index in [1.807, 2.05) is 55.5 Å². The number of carbonyl (C=O) groups is 2. The molecule has 3 aromatic rings. The molecule has 0 saturated carbocycles. The maximum absolute atomic E-state index is 12.4. The summed E-state index contributed by atoms with van der Waals surface area (Å²) in [7, 11) is 0. The van der Waals surface area contributed by atoms with Crippen LogP contribution in [0.1, 0.15) is 28.5 Å². The van der Waals surface area contributed by atoms with Gasteiger partial charge in [-0.3, -0.25) is 14.6 Å². The highest BCUT2D eigenvalue weighted by Crippen LogP contribution is 2.24. The highest BCUT2D eigenvalue weighted by atomic mass is 16.2. The normalized spacial score (nSPS) is 10.5. The first-order valence-corrected chi connectivity index (χ1v) is 9.15. The number of nitrogens with zero attached hydrogens (tertiary/aromatic N) is 1. The molecular weight excluding hydrogens is 350 g/mol. The number of hydrogen-bond acceptors (Lipinski definition) is 4. The molecule has 1 heterocycles. The minimum absolute atomic E-state index is 0.140. The number of ketones is 1. The van der Waals surface area contributed by atoms with Gasteiger partial charge < -0.3 is 10.6 Å². The molecule has 3 rings (SSSR count). The first kappa shape index (κ1) is 19.5. The molecule has 2 aromatic carbocycles. The predicted molar refractivity (Wildman–Crippen MR) is 111 cm³/mol. The summed E-state index contributed by atoms with van der Waals surface area (Å²) >= 11 is 0. The summed E-state index contributed by atoms with van der Waals surface area (Å²) in [6.45, 7) is 4.21. The van der Waals surface area contributed by atoms with Crippen LogP contribution in [0.15, 0.2) is 66.9 Å². The van der Waals surface area contributed by atoms with E-state index in [0.717, 1.165) is 16.7 Å². The molecule has 0 saturated heterocycles. The van der Waals surface area contributed by atoms with E-state index < -0.39 is 0 Å². The van der Waals surface area contributed by atoms with Gasteiger partial charge in [-0.25, -0.2) is 0 Å². The maximum Gasteiger partial charge on any atom is 0.238 e. The Morgan fingerprint density at radius 2 is 1.75 bits per heavy atom. The summed E-state index contributed by atoms with van der Waals surface area (Å²) in [5.74, 6) is -0.412. The SMILES string of the molecule is CC(=O)c1ncc(-c2ccccc2)cc1NC(=O)CNCc1cccc(C)c1. The number of hydrogen-bond donors (Lipinski definition) is 2. The van der Waals surface area contributed by atoms with Gasteiger partial charge in [0, 0.05) is 25.2 Å². The highest BCUT2D eigenvalue weighted by molar-refractivity contribution is 6.03. The highest BCUT2D eigenvalue weighted by Gasteiger charge is 2.13. The van der Waals surface area contributed by atoms with Crippen LogP contribution >= 0.6 is 0 Å². The van der Waals surface area contributed by atoms with Crippen molar-refractivity contribution in [2.24, 2.45) is 0 Å². The van der Waals surface area contributed by atoms with Gasteiger partial charge in [0.05, 0.1) is 12.2 Å². The van der Waals surface area contributed by atoms with Crippen molar-refractivity contribution in [2.75, 3.05) is 11.9 Å². The average molecular weight is 373 g/mol. The van der Waals surface area contributed by atoms with Crippen molar-refractivity contribution in [3.05, 3.63) is 83.7 Å². The van der Waals surface area contributed by atoms with E-state index in [4.69, 9.17) is 0 Å². The Hall–Kier alpha value is -3.31. The summed E-state index contributed by atoms with van der Waals surface area (Å²) in [6.07, 6.45) is 1.65. The standard InChI is InChI=1S/C23H23N3O2/c1-16-7-6-8-18(11-16)13-24-15-22(28)26-21-12-20(14-25-23(21)17(2)27)19-9-4-3-5-10-19/h3-12,14,24H,13,15H2,1-2H3,(H,26,28). The summed E-state index contributed by atoms with van der Waals surface area (Å²) in [5, 5.41) is 5.94. The zero-order chi connectivity index (χ0) is 19.9. The van der Waals surface area contributed by atoms with E-state index in [-0.39, 0.29) is 23.9 Å². The molecule has 0 bridgehead atoms. The molecule has 1 aromatic heterocycles. The number of anilines is 1. The first-order chi connectivity index (χ1) is 13.5. The van der Waals surface area contributed by atoms with E-state index >= 15 is 0 Å². The van der Waals surface area contributed by atoms with Crippen LogP contribution in [0, 0.1) is 6.92 Å². The Labute approximate surface area is 164 Å². The van der Waals surface area contributed by atoms with Crippen molar-refractivity contribution in [3.8, 4) is 11.1 Å². The Kier molecular flexibility index (Phi) is 6.29. The van der Waals surface area contributed by atoms with Gasteiger partial charge in [0.15, 0.2) is 5.78 Å². The molecule has 5 heteroatoms. The predicted octanol–water partition coefficient (Wildman–Crippen LogP) is 3.99. The van der Waals surface area contributed by atoms with Crippen molar-refractivity contribution in [1.82, 2.24) is 10.3 Å². The zero-order valence-corrected chi connectivity index (χ0v) is 16.0. The summed E-state index contributed by atoms with van der Waals surface area (Å²) in [5.41, 5.74) is 4.79. The topological polar surface area (TPSA) is 71.1 Å². The third kappa shape index (κ3) is 5.11. The lowest BCUT2D eigenvalue weighted by molar-refractivity contribution is -0.115. The molecule has 142 valence electrons. The van der Waals surface area contributed by atoms with Crippen molar-refractivity contribution in [1.29, 1.82) is 0 Å². The third-order valence-electron chi connectivity index (χ3n) is 4.30.